The maximum absolute atomic E-state index is 15.2. The Kier molecular flexibility index (Phi) is 8.84. The van der Waals surface area contributed by atoms with Gasteiger partial charge in [-0.05, 0) is 91.7 Å². The van der Waals surface area contributed by atoms with E-state index in [9.17, 15) is 0 Å². The lowest BCUT2D eigenvalue weighted by Crippen LogP contribution is -2.11. The Bertz CT molecular complexity index is 2680. The highest BCUT2D eigenvalue weighted by Gasteiger charge is 2.18. The molecule has 0 saturated carbocycles. The number of hydrogen-bond donors (Lipinski definition) is 0. The summed E-state index contributed by atoms with van der Waals surface area (Å²) in [6.45, 7) is 0. The lowest BCUT2D eigenvalue weighted by atomic mass is 9.91. The van der Waals surface area contributed by atoms with Gasteiger partial charge in [0.15, 0.2) is 0 Å². The van der Waals surface area contributed by atoms with E-state index in [4.69, 9.17) is 0 Å². The normalized spacial score (nSPS) is 11.1. The summed E-state index contributed by atoms with van der Waals surface area (Å²) in [5, 5.41) is 2.11. The highest BCUT2D eigenvalue weighted by Crippen LogP contribution is 2.43. The van der Waals surface area contributed by atoms with E-state index in [1.54, 1.807) is 6.07 Å². The fraction of sp³-hybridized carbons (Fsp3) is 0. The summed E-state index contributed by atoms with van der Waals surface area (Å²) in [6.07, 6.45) is 0. The van der Waals surface area contributed by atoms with Gasteiger partial charge in [0.05, 0.1) is 5.69 Å². The molecule has 9 aromatic carbocycles. The van der Waals surface area contributed by atoms with Crippen LogP contribution in [0.1, 0.15) is 0 Å². The van der Waals surface area contributed by atoms with Gasteiger partial charge in [-0.1, -0.05) is 182 Å². The Balaban J connectivity index is 1.13. The summed E-state index contributed by atoms with van der Waals surface area (Å²) in [7, 11) is 0. The van der Waals surface area contributed by atoms with Crippen molar-refractivity contribution in [2.45, 2.75) is 0 Å². The molecule has 0 spiro atoms. The first-order chi connectivity index (χ1) is 26.7. The molecule has 1 nitrogen and oxygen atoms in total. The smallest absolute Gasteiger partial charge is 0.131 e. The van der Waals surface area contributed by atoms with Gasteiger partial charge in [-0.2, -0.15) is 0 Å². The number of nitrogens with zero attached hydrogens (tertiary/aromatic N) is 1. The van der Waals surface area contributed by atoms with Crippen LogP contribution in [-0.2, 0) is 0 Å². The molecule has 256 valence electrons. The maximum Gasteiger partial charge on any atom is 0.131 e. The molecule has 2 heteroatoms. The fourth-order valence-corrected chi connectivity index (χ4v) is 7.52. The molecule has 9 rings (SSSR count). The number of fused-ring (bicyclic) bond motifs is 1. The zero-order chi connectivity index (χ0) is 36.3. The van der Waals surface area contributed by atoms with Crippen molar-refractivity contribution in [2.24, 2.45) is 0 Å². The highest BCUT2D eigenvalue weighted by atomic mass is 19.1. The second-order valence-electron chi connectivity index (χ2n) is 13.4. The summed E-state index contributed by atoms with van der Waals surface area (Å²) in [6, 6.07) is 75.4. The molecule has 0 fully saturated rings. The monoisotopic (exact) mass is 693 g/mol. The first-order valence-corrected chi connectivity index (χ1v) is 18.3. The summed E-state index contributed by atoms with van der Waals surface area (Å²) in [5.74, 6) is -0.224. The van der Waals surface area contributed by atoms with Crippen molar-refractivity contribution in [1.29, 1.82) is 0 Å². The fourth-order valence-electron chi connectivity index (χ4n) is 7.52. The van der Waals surface area contributed by atoms with Gasteiger partial charge in [0.25, 0.3) is 0 Å². The van der Waals surface area contributed by atoms with Crippen LogP contribution in [0, 0.1) is 5.82 Å². The van der Waals surface area contributed by atoms with Gasteiger partial charge in [0.2, 0.25) is 0 Å². The van der Waals surface area contributed by atoms with Crippen molar-refractivity contribution >= 4 is 27.8 Å². The number of halogens is 1. The van der Waals surface area contributed by atoms with E-state index in [-0.39, 0.29) is 5.82 Å². The molecule has 54 heavy (non-hydrogen) atoms. The molecule has 0 N–H and O–H groups in total. The average Bonchev–Trinajstić information content (AvgIpc) is 3.25. The molecule has 0 heterocycles. The van der Waals surface area contributed by atoms with Gasteiger partial charge in [-0.3, -0.25) is 0 Å². The topological polar surface area (TPSA) is 3.24 Å². The average molecular weight is 694 g/mol. The predicted octanol–water partition coefficient (Wildman–Crippen LogP) is 14.8. The van der Waals surface area contributed by atoms with Crippen molar-refractivity contribution in [3.63, 3.8) is 0 Å². The number of anilines is 3. The van der Waals surface area contributed by atoms with Crippen molar-refractivity contribution in [1.82, 2.24) is 0 Å². The van der Waals surface area contributed by atoms with Crippen LogP contribution in [0.5, 0.6) is 0 Å². The third-order valence-electron chi connectivity index (χ3n) is 10.2. The number of benzene rings is 9. The molecule has 0 amide bonds. The molecule has 0 aliphatic rings. The number of para-hydroxylation sites is 1. The summed E-state index contributed by atoms with van der Waals surface area (Å²) < 4.78 is 15.2. The van der Waals surface area contributed by atoms with E-state index >= 15 is 4.39 Å². The van der Waals surface area contributed by atoms with E-state index in [0.717, 1.165) is 61.2 Å². The van der Waals surface area contributed by atoms with Crippen molar-refractivity contribution in [3.8, 4) is 55.6 Å². The second kappa shape index (κ2) is 14.5. The van der Waals surface area contributed by atoms with Crippen LogP contribution in [0.25, 0.3) is 66.4 Å². The Hall–Kier alpha value is -7.03. The van der Waals surface area contributed by atoms with E-state index in [1.165, 1.54) is 22.8 Å². The van der Waals surface area contributed by atoms with Crippen molar-refractivity contribution in [2.75, 3.05) is 4.90 Å². The molecule has 0 aliphatic heterocycles. The minimum atomic E-state index is -0.224. The number of hydrogen-bond acceptors (Lipinski definition) is 1. The Morgan fingerprint density at radius 1 is 0.278 bits per heavy atom. The van der Waals surface area contributed by atoms with E-state index in [0.29, 0.717) is 5.56 Å². The molecular formula is C52H36FN. The van der Waals surface area contributed by atoms with Gasteiger partial charge < -0.3 is 4.90 Å². The molecule has 9 aromatic rings. The Morgan fingerprint density at radius 2 is 0.685 bits per heavy atom. The summed E-state index contributed by atoms with van der Waals surface area (Å²) >= 11 is 0. The highest BCUT2D eigenvalue weighted by molar-refractivity contribution is 6.06. The standard InChI is InChI=1S/C52H36FN/c53-50-23-9-7-20-48(50)49-22-12-18-43-17-11-21-47(52(43)49)42-31-35-45(36-32-42)54(51-24-10-8-19-46(51)41-15-5-2-6-16-41)44-33-29-40(30-34-44)39-27-25-38(26-28-39)37-13-3-1-4-14-37/h1-36H. The second-order valence-corrected chi connectivity index (χ2v) is 13.4. The van der Waals surface area contributed by atoms with E-state index in [1.807, 2.05) is 30.3 Å². The van der Waals surface area contributed by atoms with E-state index in [2.05, 4.69) is 181 Å². The quantitative estimate of drug-likeness (QED) is 0.153. The molecule has 0 aliphatic carbocycles. The molecule has 0 saturated heterocycles. The zero-order valence-electron chi connectivity index (χ0n) is 29.6. The lowest BCUT2D eigenvalue weighted by Gasteiger charge is -2.28. The SMILES string of the molecule is Fc1ccccc1-c1cccc2cccc(-c3ccc(N(c4ccc(-c5ccc(-c6ccccc6)cc5)cc4)c4ccccc4-c4ccccc4)cc3)c12. The van der Waals surface area contributed by atoms with E-state index < -0.39 is 0 Å². The van der Waals surface area contributed by atoms with Crippen LogP contribution in [0.3, 0.4) is 0 Å². The van der Waals surface area contributed by atoms with Crippen LogP contribution >= 0.6 is 0 Å². The van der Waals surface area contributed by atoms with Crippen LogP contribution in [-0.4, -0.2) is 0 Å². The lowest BCUT2D eigenvalue weighted by molar-refractivity contribution is 0.631. The van der Waals surface area contributed by atoms with Crippen LogP contribution in [0.4, 0.5) is 21.5 Å². The first kappa shape index (κ1) is 32.8. The Labute approximate surface area is 315 Å². The van der Waals surface area contributed by atoms with Crippen LogP contribution in [0.15, 0.2) is 218 Å². The Morgan fingerprint density at radius 3 is 1.28 bits per heavy atom. The van der Waals surface area contributed by atoms with Gasteiger partial charge in [-0.15, -0.1) is 0 Å². The number of rotatable bonds is 8. The summed E-state index contributed by atoms with van der Waals surface area (Å²) in [4.78, 5) is 2.34. The van der Waals surface area contributed by atoms with Gasteiger partial charge in [0, 0.05) is 22.5 Å². The minimum Gasteiger partial charge on any atom is -0.310 e. The van der Waals surface area contributed by atoms with Crippen LogP contribution < -0.4 is 4.90 Å². The predicted molar refractivity (Wildman–Crippen MR) is 226 cm³/mol. The van der Waals surface area contributed by atoms with Crippen molar-refractivity contribution in [3.05, 3.63) is 224 Å². The minimum absolute atomic E-state index is 0.224. The van der Waals surface area contributed by atoms with Gasteiger partial charge in [-0.25, -0.2) is 4.39 Å². The molecule has 0 radical (unpaired) electrons. The molecule has 0 aromatic heterocycles. The van der Waals surface area contributed by atoms with Gasteiger partial charge >= 0.3 is 0 Å². The van der Waals surface area contributed by atoms with Crippen molar-refractivity contribution < 1.29 is 4.39 Å². The molecule has 0 unspecified atom stereocenters. The third-order valence-corrected chi connectivity index (χ3v) is 10.2. The molecular weight excluding hydrogens is 658 g/mol. The van der Waals surface area contributed by atoms with Gasteiger partial charge in [0.1, 0.15) is 5.82 Å². The summed E-state index contributed by atoms with van der Waals surface area (Å²) in [5.41, 5.74) is 13.9. The zero-order valence-corrected chi connectivity index (χ0v) is 29.6. The largest absolute Gasteiger partial charge is 0.310 e. The first-order valence-electron chi connectivity index (χ1n) is 18.3. The maximum atomic E-state index is 15.2. The van der Waals surface area contributed by atoms with Crippen LogP contribution in [0.2, 0.25) is 0 Å². The molecule has 0 bridgehead atoms. The molecule has 0 atom stereocenters. The third kappa shape index (κ3) is 6.35.